The molecule has 1 N–H and O–H groups in total. The Hall–Kier alpha value is -1.94. The maximum absolute atomic E-state index is 13.7. The second-order valence-corrected chi connectivity index (χ2v) is 10.7. The van der Waals surface area contributed by atoms with E-state index in [0.29, 0.717) is 35.7 Å². The van der Waals surface area contributed by atoms with Crippen molar-refractivity contribution in [3.8, 4) is 0 Å². The van der Waals surface area contributed by atoms with Crippen LogP contribution in [-0.4, -0.2) is 81.5 Å². The molecule has 7 nitrogen and oxygen atoms in total. The summed E-state index contributed by atoms with van der Waals surface area (Å²) >= 11 is 7.58. The third kappa shape index (κ3) is 6.25. The van der Waals surface area contributed by atoms with Crippen LogP contribution in [0.3, 0.4) is 0 Å². The molecule has 0 spiro atoms. The van der Waals surface area contributed by atoms with E-state index in [4.69, 9.17) is 11.6 Å². The third-order valence-electron chi connectivity index (χ3n) is 7.30. The van der Waals surface area contributed by atoms with Gasteiger partial charge in [0.25, 0.3) is 5.91 Å². The van der Waals surface area contributed by atoms with E-state index in [2.05, 4.69) is 37.8 Å². The van der Waals surface area contributed by atoms with Gasteiger partial charge in [-0.15, -0.1) is 0 Å². The molecule has 0 saturated carbocycles. The van der Waals surface area contributed by atoms with Gasteiger partial charge in [-0.3, -0.25) is 9.10 Å². The average molecular weight is 521 g/mol. The van der Waals surface area contributed by atoms with Crippen molar-refractivity contribution in [2.24, 2.45) is 0 Å². The van der Waals surface area contributed by atoms with Crippen LogP contribution in [0.1, 0.15) is 47.3 Å². The van der Waals surface area contributed by atoms with Gasteiger partial charge in [-0.2, -0.15) is 0 Å². The molecule has 1 amide bonds. The van der Waals surface area contributed by atoms with Crippen LogP contribution in [0.5, 0.6) is 0 Å². The lowest BCUT2D eigenvalue weighted by atomic mass is 9.97. The first kappa shape index (κ1) is 26.1. The van der Waals surface area contributed by atoms with Gasteiger partial charge in [-0.25, -0.2) is 14.4 Å². The summed E-state index contributed by atoms with van der Waals surface area (Å²) in [6, 6.07) is 5.89. The minimum atomic E-state index is -0.457. The molecule has 0 aliphatic carbocycles. The fourth-order valence-corrected chi connectivity index (χ4v) is 5.65. The second-order valence-electron chi connectivity index (χ2n) is 9.32. The predicted octanol–water partition coefficient (Wildman–Crippen LogP) is 4.47. The summed E-state index contributed by atoms with van der Waals surface area (Å²) < 4.78 is 16.1. The van der Waals surface area contributed by atoms with Crippen molar-refractivity contribution in [2.45, 2.75) is 51.2 Å². The number of benzene rings is 1. The molecule has 2 aliphatic rings. The highest BCUT2D eigenvalue weighted by Gasteiger charge is 2.31. The van der Waals surface area contributed by atoms with Crippen LogP contribution in [0.4, 0.5) is 10.2 Å². The Morgan fingerprint density at radius 3 is 2.57 bits per heavy atom. The smallest absolute Gasteiger partial charge is 0.272 e. The molecule has 35 heavy (non-hydrogen) atoms. The van der Waals surface area contributed by atoms with E-state index >= 15 is 0 Å². The molecule has 2 saturated heterocycles. The number of carbonyl (C=O) groups excluding carboxylic acids is 1. The maximum atomic E-state index is 13.7. The van der Waals surface area contributed by atoms with Gasteiger partial charge in [0.2, 0.25) is 0 Å². The van der Waals surface area contributed by atoms with E-state index in [1.807, 2.05) is 23.8 Å². The van der Waals surface area contributed by atoms with E-state index in [1.165, 1.54) is 31.3 Å². The van der Waals surface area contributed by atoms with Crippen molar-refractivity contribution < 1.29 is 9.18 Å². The molecule has 0 radical (unpaired) electrons. The number of likely N-dealkylation sites (tertiary alicyclic amines) is 2. The molecule has 2 aliphatic heterocycles. The quantitative estimate of drug-likeness (QED) is 0.540. The molecule has 0 bridgehead atoms. The van der Waals surface area contributed by atoms with Crippen LogP contribution in [-0.2, 0) is 6.54 Å². The van der Waals surface area contributed by atoms with Gasteiger partial charge in [0, 0.05) is 37.3 Å². The van der Waals surface area contributed by atoms with Crippen LogP contribution in [0, 0.1) is 12.7 Å². The lowest BCUT2D eigenvalue weighted by Crippen LogP contribution is -2.50. The Morgan fingerprint density at radius 1 is 1.20 bits per heavy atom. The van der Waals surface area contributed by atoms with Crippen molar-refractivity contribution in [1.29, 1.82) is 0 Å². The minimum Gasteiger partial charge on any atom is -0.366 e. The third-order valence-corrected chi connectivity index (χ3v) is 8.48. The van der Waals surface area contributed by atoms with Crippen LogP contribution in [0.15, 0.2) is 24.5 Å². The fraction of sp³-hybridized carbons (Fsp3) is 0.560. The number of hydrogen-bond donors (Lipinski definition) is 1. The Balaban J connectivity index is 1.32. The topological polar surface area (TPSA) is 64.6 Å². The van der Waals surface area contributed by atoms with E-state index < -0.39 is 5.82 Å². The first-order valence-corrected chi connectivity index (χ1v) is 13.7. The van der Waals surface area contributed by atoms with Gasteiger partial charge in [-0.05, 0) is 76.7 Å². The molecule has 2 aromatic rings. The number of halogens is 2. The van der Waals surface area contributed by atoms with Crippen molar-refractivity contribution in [3.05, 3.63) is 52.2 Å². The Morgan fingerprint density at radius 2 is 1.91 bits per heavy atom. The monoisotopic (exact) mass is 520 g/mol. The summed E-state index contributed by atoms with van der Waals surface area (Å²) in [6.45, 7) is 5.96. The van der Waals surface area contributed by atoms with Gasteiger partial charge < -0.3 is 15.1 Å². The number of aromatic nitrogens is 2. The van der Waals surface area contributed by atoms with E-state index in [0.717, 1.165) is 44.6 Å². The maximum Gasteiger partial charge on any atom is 0.272 e. The van der Waals surface area contributed by atoms with Crippen molar-refractivity contribution in [2.75, 3.05) is 44.8 Å². The molecule has 1 aromatic carbocycles. The standard InChI is InChI=1S/C25H34ClFN6OS/c1-17-23(29-16-30-24(17)28-15-18-4-5-21(26)22(27)14-18)25(34)33-12-8-20(9-13-33)32-10-6-19(7-11-32)31(2)35-3/h4-5,14,16,19-20H,6-13,15H2,1-3H3,(H,28,29,30). The average Bonchev–Trinajstić information content (AvgIpc) is 2.89. The van der Waals surface area contributed by atoms with Gasteiger partial charge in [0.1, 0.15) is 23.7 Å². The number of piperidine rings is 2. The highest BCUT2D eigenvalue weighted by Crippen LogP contribution is 2.26. The summed E-state index contributed by atoms with van der Waals surface area (Å²) in [5.41, 5.74) is 1.86. The predicted molar refractivity (Wildman–Crippen MR) is 140 cm³/mol. The molecule has 4 rings (SSSR count). The molecule has 10 heteroatoms. The summed E-state index contributed by atoms with van der Waals surface area (Å²) in [4.78, 5) is 26.4. The Bertz CT molecular complexity index is 1030. The van der Waals surface area contributed by atoms with Gasteiger partial charge >= 0.3 is 0 Å². The number of amides is 1. The zero-order valence-corrected chi connectivity index (χ0v) is 22.2. The largest absolute Gasteiger partial charge is 0.366 e. The highest BCUT2D eigenvalue weighted by molar-refractivity contribution is 7.96. The normalized spacial score (nSPS) is 18.3. The molecular weight excluding hydrogens is 487 g/mol. The number of nitrogens with zero attached hydrogens (tertiary/aromatic N) is 5. The molecule has 0 atom stereocenters. The van der Waals surface area contributed by atoms with Crippen molar-refractivity contribution in [1.82, 2.24) is 24.1 Å². The van der Waals surface area contributed by atoms with Crippen LogP contribution in [0.2, 0.25) is 5.02 Å². The number of hydrogen-bond acceptors (Lipinski definition) is 7. The lowest BCUT2D eigenvalue weighted by Gasteiger charge is -2.43. The van der Waals surface area contributed by atoms with Crippen molar-refractivity contribution in [3.63, 3.8) is 0 Å². The van der Waals surface area contributed by atoms with Crippen molar-refractivity contribution >= 4 is 35.3 Å². The highest BCUT2D eigenvalue weighted by atomic mass is 35.5. The minimum absolute atomic E-state index is 0.0516. The first-order valence-electron chi connectivity index (χ1n) is 12.2. The zero-order chi connectivity index (χ0) is 24.9. The Kier molecular flexibility index (Phi) is 8.86. The van der Waals surface area contributed by atoms with Gasteiger partial charge in [-0.1, -0.05) is 29.6 Å². The number of nitrogens with one attached hydrogen (secondary N) is 1. The number of rotatable bonds is 7. The van der Waals surface area contributed by atoms with Gasteiger partial charge in [0.05, 0.1) is 5.02 Å². The van der Waals surface area contributed by atoms with Crippen LogP contribution in [0.25, 0.3) is 0 Å². The molecule has 0 unspecified atom stereocenters. The summed E-state index contributed by atoms with van der Waals surface area (Å²) in [6.07, 6.45) is 7.94. The lowest BCUT2D eigenvalue weighted by molar-refractivity contribution is 0.0545. The van der Waals surface area contributed by atoms with E-state index in [1.54, 1.807) is 6.07 Å². The zero-order valence-electron chi connectivity index (χ0n) is 20.6. The molecule has 190 valence electrons. The SMILES string of the molecule is CSN(C)C1CCN(C2CCN(C(=O)c3ncnc(NCc4ccc(Cl)c(F)c4)c3C)CC2)CC1. The fourth-order valence-electron chi connectivity index (χ4n) is 5.03. The van der Waals surface area contributed by atoms with Gasteiger partial charge in [0.15, 0.2) is 0 Å². The van der Waals surface area contributed by atoms with E-state index in [9.17, 15) is 9.18 Å². The molecule has 3 heterocycles. The van der Waals surface area contributed by atoms with E-state index in [-0.39, 0.29) is 10.9 Å². The van der Waals surface area contributed by atoms with Crippen LogP contribution < -0.4 is 5.32 Å². The molecule has 2 fully saturated rings. The Labute approximate surface area is 216 Å². The summed E-state index contributed by atoms with van der Waals surface area (Å²) in [5.74, 6) is 0.0669. The molecule has 1 aromatic heterocycles. The van der Waals surface area contributed by atoms with Crippen LogP contribution >= 0.6 is 23.5 Å². The molecular formula is C25H34ClFN6OS. The summed E-state index contributed by atoms with van der Waals surface area (Å²) in [5, 5.41) is 3.29. The number of anilines is 1. The number of carbonyl (C=O) groups is 1. The first-order chi connectivity index (χ1) is 16.9. The summed E-state index contributed by atoms with van der Waals surface area (Å²) in [7, 11) is 2.18. The second kappa shape index (κ2) is 11.9.